The zero-order chi connectivity index (χ0) is 11.5. The molecule has 2 rings (SSSR count). The Morgan fingerprint density at radius 2 is 2.19 bits per heavy atom. The quantitative estimate of drug-likeness (QED) is 0.812. The standard InChI is InChI=1S/C11H12FN3O/c12-9-3-1-2-4-10(9)15-7-8(6-14-15)11(16)5-13/h1-4,6-7,11,16H,5,13H2. The highest BCUT2D eigenvalue weighted by molar-refractivity contribution is 5.33. The van der Waals surface area contributed by atoms with Crippen LogP contribution in [0.2, 0.25) is 0 Å². The van der Waals surface area contributed by atoms with Gasteiger partial charge in [0.25, 0.3) is 0 Å². The molecule has 2 aromatic rings. The van der Waals surface area contributed by atoms with Gasteiger partial charge < -0.3 is 10.8 Å². The lowest BCUT2D eigenvalue weighted by Crippen LogP contribution is -2.10. The van der Waals surface area contributed by atoms with Gasteiger partial charge in [0.1, 0.15) is 11.5 Å². The van der Waals surface area contributed by atoms with Gasteiger partial charge in [-0.05, 0) is 12.1 Å². The highest BCUT2D eigenvalue weighted by Crippen LogP contribution is 2.15. The minimum atomic E-state index is -0.763. The molecular weight excluding hydrogens is 209 g/mol. The largest absolute Gasteiger partial charge is 0.387 e. The summed E-state index contributed by atoms with van der Waals surface area (Å²) < 4.78 is 14.8. The molecule has 3 N–H and O–H groups in total. The van der Waals surface area contributed by atoms with Crippen LogP contribution in [0.25, 0.3) is 5.69 Å². The van der Waals surface area contributed by atoms with Gasteiger partial charge in [0.05, 0.1) is 12.3 Å². The second kappa shape index (κ2) is 4.42. The van der Waals surface area contributed by atoms with Crippen LogP contribution < -0.4 is 5.73 Å². The van der Waals surface area contributed by atoms with E-state index in [0.717, 1.165) is 0 Å². The summed E-state index contributed by atoms with van der Waals surface area (Å²) in [6, 6.07) is 6.30. The van der Waals surface area contributed by atoms with Crippen molar-refractivity contribution in [2.24, 2.45) is 5.73 Å². The zero-order valence-corrected chi connectivity index (χ0v) is 8.55. The van der Waals surface area contributed by atoms with Gasteiger partial charge in [0.2, 0.25) is 0 Å². The summed E-state index contributed by atoms with van der Waals surface area (Å²) in [7, 11) is 0. The van der Waals surface area contributed by atoms with E-state index in [4.69, 9.17) is 5.73 Å². The predicted molar refractivity (Wildman–Crippen MR) is 57.5 cm³/mol. The Morgan fingerprint density at radius 1 is 1.44 bits per heavy atom. The van der Waals surface area contributed by atoms with Crippen molar-refractivity contribution >= 4 is 0 Å². The van der Waals surface area contributed by atoms with E-state index in [9.17, 15) is 9.50 Å². The van der Waals surface area contributed by atoms with Gasteiger partial charge in [0, 0.05) is 18.3 Å². The molecule has 1 atom stereocenters. The van der Waals surface area contributed by atoms with Crippen molar-refractivity contribution in [1.82, 2.24) is 9.78 Å². The lowest BCUT2D eigenvalue weighted by molar-refractivity contribution is 0.186. The van der Waals surface area contributed by atoms with Crippen LogP contribution in [0.4, 0.5) is 4.39 Å². The highest BCUT2D eigenvalue weighted by Gasteiger charge is 2.10. The highest BCUT2D eigenvalue weighted by atomic mass is 19.1. The van der Waals surface area contributed by atoms with Gasteiger partial charge in [-0.1, -0.05) is 12.1 Å². The van der Waals surface area contributed by atoms with Crippen molar-refractivity contribution in [3.05, 3.63) is 48.0 Å². The fourth-order valence-corrected chi connectivity index (χ4v) is 1.41. The fraction of sp³-hybridized carbons (Fsp3) is 0.182. The first kappa shape index (κ1) is 10.8. The monoisotopic (exact) mass is 221 g/mol. The normalized spacial score (nSPS) is 12.7. The summed E-state index contributed by atoms with van der Waals surface area (Å²) in [5.74, 6) is -0.362. The maximum Gasteiger partial charge on any atom is 0.148 e. The van der Waals surface area contributed by atoms with Crippen LogP contribution in [0.5, 0.6) is 0 Å². The number of nitrogens with two attached hydrogens (primary N) is 1. The summed E-state index contributed by atoms with van der Waals surface area (Å²) in [6.45, 7) is 0.114. The second-order valence-electron chi connectivity index (χ2n) is 3.42. The summed E-state index contributed by atoms with van der Waals surface area (Å²) in [4.78, 5) is 0. The summed E-state index contributed by atoms with van der Waals surface area (Å²) in [6.07, 6.45) is 2.28. The fourth-order valence-electron chi connectivity index (χ4n) is 1.41. The Hall–Kier alpha value is -1.72. The molecule has 1 unspecified atom stereocenters. The Bertz CT molecular complexity index is 484. The topological polar surface area (TPSA) is 64.1 Å². The summed E-state index contributed by atoms with van der Waals surface area (Å²) in [5.41, 5.74) is 6.24. The van der Waals surface area contributed by atoms with Gasteiger partial charge >= 0.3 is 0 Å². The molecule has 0 fully saturated rings. The van der Waals surface area contributed by atoms with Crippen LogP contribution in [-0.2, 0) is 0 Å². The SMILES string of the molecule is NCC(O)c1cnn(-c2ccccc2F)c1. The molecule has 1 heterocycles. The Balaban J connectivity index is 2.35. The van der Waals surface area contributed by atoms with E-state index in [2.05, 4.69) is 5.10 Å². The van der Waals surface area contributed by atoms with E-state index in [1.165, 1.54) is 16.9 Å². The average Bonchev–Trinajstić information content (AvgIpc) is 2.78. The number of nitrogens with zero attached hydrogens (tertiary/aromatic N) is 2. The Morgan fingerprint density at radius 3 is 2.88 bits per heavy atom. The maximum absolute atomic E-state index is 13.4. The zero-order valence-electron chi connectivity index (χ0n) is 8.55. The van der Waals surface area contributed by atoms with Crippen molar-refractivity contribution in [3.8, 4) is 5.69 Å². The number of para-hydroxylation sites is 1. The number of hydrogen-bond acceptors (Lipinski definition) is 3. The molecular formula is C11H12FN3O. The predicted octanol–water partition coefficient (Wildman–Crippen LogP) is 1.00. The van der Waals surface area contributed by atoms with Crippen LogP contribution in [-0.4, -0.2) is 21.4 Å². The molecule has 0 saturated carbocycles. The molecule has 0 aliphatic carbocycles. The van der Waals surface area contributed by atoms with Crippen molar-refractivity contribution in [3.63, 3.8) is 0 Å². The van der Waals surface area contributed by atoms with Crippen LogP contribution in [0.1, 0.15) is 11.7 Å². The van der Waals surface area contributed by atoms with Crippen molar-refractivity contribution in [1.29, 1.82) is 0 Å². The molecule has 0 amide bonds. The maximum atomic E-state index is 13.4. The number of aliphatic hydroxyl groups is 1. The number of benzene rings is 1. The van der Waals surface area contributed by atoms with Crippen LogP contribution in [0, 0.1) is 5.82 Å². The van der Waals surface area contributed by atoms with Gasteiger partial charge in [-0.15, -0.1) is 0 Å². The minimum absolute atomic E-state index is 0.114. The third-order valence-electron chi connectivity index (χ3n) is 2.31. The summed E-state index contributed by atoms with van der Waals surface area (Å²) in [5, 5.41) is 13.5. The molecule has 0 bridgehead atoms. The molecule has 0 spiro atoms. The number of rotatable bonds is 3. The average molecular weight is 221 g/mol. The van der Waals surface area contributed by atoms with E-state index in [1.54, 1.807) is 24.4 Å². The molecule has 0 radical (unpaired) electrons. The lowest BCUT2D eigenvalue weighted by atomic mass is 10.2. The first-order valence-corrected chi connectivity index (χ1v) is 4.90. The molecule has 16 heavy (non-hydrogen) atoms. The van der Waals surface area contributed by atoms with E-state index >= 15 is 0 Å². The van der Waals surface area contributed by atoms with Crippen molar-refractivity contribution in [2.45, 2.75) is 6.10 Å². The number of aromatic nitrogens is 2. The van der Waals surface area contributed by atoms with Gasteiger partial charge in [0.15, 0.2) is 0 Å². The molecule has 0 aliphatic rings. The number of aliphatic hydroxyl groups excluding tert-OH is 1. The molecule has 5 heteroatoms. The molecule has 0 aliphatic heterocycles. The van der Waals surface area contributed by atoms with E-state index in [0.29, 0.717) is 11.3 Å². The summed E-state index contributed by atoms with van der Waals surface area (Å²) >= 11 is 0. The molecule has 0 saturated heterocycles. The van der Waals surface area contributed by atoms with Gasteiger partial charge in [-0.2, -0.15) is 5.10 Å². The number of halogens is 1. The van der Waals surface area contributed by atoms with E-state index in [-0.39, 0.29) is 12.4 Å². The third-order valence-corrected chi connectivity index (χ3v) is 2.31. The Kier molecular flexibility index (Phi) is 2.98. The molecule has 1 aromatic heterocycles. The van der Waals surface area contributed by atoms with Crippen LogP contribution in [0.15, 0.2) is 36.7 Å². The first-order chi connectivity index (χ1) is 7.72. The van der Waals surface area contributed by atoms with Crippen LogP contribution >= 0.6 is 0 Å². The lowest BCUT2D eigenvalue weighted by Gasteiger charge is -2.03. The molecule has 4 nitrogen and oxygen atoms in total. The van der Waals surface area contributed by atoms with Gasteiger partial charge in [-0.3, -0.25) is 0 Å². The van der Waals surface area contributed by atoms with Crippen molar-refractivity contribution < 1.29 is 9.50 Å². The van der Waals surface area contributed by atoms with E-state index in [1.807, 2.05) is 0 Å². The van der Waals surface area contributed by atoms with Crippen LogP contribution in [0.3, 0.4) is 0 Å². The van der Waals surface area contributed by atoms with E-state index < -0.39 is 6.10 Å². The molecule has 1 aromatic carbocycles. The molecule has 84 valence electrons. The van der Waals surface area contributed by atoms with Gasteiger partial charge in [-0.25, -0.2) is 9.07 Å². The third kappa shape index (κ3) is 1.95. The second-order valence-corrected chi connectivity index (χ2v) is 3.42. The first-order valence-electron chi connectivity index (χ1n) is 4.90. The Labute approximate surface area is 92.1 Å². The number of hydrogen-bond donors (Lipinski definition) is 2. The minimum Gasteiger partial charge on any atom is -0.387 e. The van der Waals surface area contributed by atoms with Crippen molar-refractivity contribution in [2.75, 3.05) is 6.54 Å². The smallest absolute Gasteiger partial charge is 0.148 e.